The van der Waals surface area contributed by atoms with Gasteiger partial charge in [0.1, 0.15) is 5.75 Å². The SMILES string of the molecule is CCOc1cc(C)ccc1NS(=O)(=O)c1cccc(Br)c1. The van der Waals surface area contributed by atoms with Crippen molar-refractivity contribution in [2.24, 2.45) is 0 Å². The largest absolute Gasteiger partial charge is 0.492 e. The lowest BCUT2D eigenvalue weighted by atomic mass is 10.2. The minimum atomic E-state index is -3.65. The van der Waals surface area contributed by atoms with Gasteiger partial charge in [-0.15, -0.1) is 0 Å². The number of rotatable bonds is 5. The maximum atomic E-state index is 12.4. The molecule has 0 atom stereocenters. The molecule has 0 saturated carbocycles. The fourth-order valence-electron chi connectivity index (χ4n) is 1.83. The Hall–Kier alpha value is -1.53. The van der Waals surface area contributed by atoms with Crippen LogP contribution in [-0.2, 0) is 10.0 Å². The molecule has 112 valence electrons. The predicted molar refractivity (Wildman–Crippen MR) is 87.3 cm³/mol. The molecule has 0 aliphatic carbocycles. The Morgan fingerprint density at radius 1 is 1.19 bits per heavy atom. The summed E-state index contributed by atoms with van der Waals surface area (Å²) >= 11 is 3.27. The predicted octanol–water partition coefficient (Wildman–Crippen LogP) is 3.96. The highest BCUT2D eigenvalue weighted by Crippen LogP contribution is 2.28. The molecule has 0 aliphatic rings. The summed E-state index contributed by atoms with van der Waals surface area (Å²) in [6.07, 6.45) is 0. The number of sulfonamides is 1. The lowest BCUT2D eigenvalue weighted by molar-refractivity contribution is 0.342. The van der Waals surface area contributed by atoms with Gasteiger partial charge in [-0.2, -0.15) is 0 Å². The van der Waals surface area contributed by atoms with E-state index in [9.17, 15) is 8.42 Å². The highest BCUT2D eigenvalue weighted by Gasteiger charge is 2.16. The second kappa shape index (κ2) is 6.49. The van der Waals surface area contributed by atoms with Crippen LogP contribution < -0.4 is 9.46 Å². The van der Waals surface area contributed by atoms with Crippen molar-refractivity contribution in [2.45, 2.75) is 18.7 Å². The standard InChI is InChI=1S/C15H16BrNO3S/c1-3-20-15-9-11(2)7-8-14(15)17-21(18,19)13-6-4-5-12(16)10-13/h4-10,17H,3H2,1-2H3. The molecule has 2 aromatic rings. The third-order valence-electron chi connectivity index (χ3n) is 2.79. The van der Waals surface area contributed by atoms with Crippen LogP contribution in [0, 0.1) is 6.92 Å². The van der Waals surface area contributed by atoms with Crippen molar-refractivity contribution in [1.29, 1.82) is 0 Å². The van der Waals surface area contributed by atoms with E-state index in [1.165, 1.54) is 0 Å². The number of hydrogen-bond acceptors (Lipinski definition) is 3. The lowest BCUT2D eigenvalue weighted by Gasteiger charge is -2.13. The molecule has 0 aromatic heterocycles. The van der Waals surface area contributed by atoms with Gasteiger partial charge in [0, 0.05) is 4.47 Å². The third kappa shape index (κ3) is 3.98. The van der Waals surface area contributed by atoms with E-state index in [0.717, 1.165) is 5.56 Å². The number of hydrogen-bond donors (Lipinski definition) is 1. The Morgan fingerprint density at radius 3 is 2.62 bits per heavy atom. The Bertz CT molecular complexity index is 744. The van der Waals surface area contributed by atoms with Crippen molar-refractivity contribution in [3.8, 4) is 5.75 Å². The van der Waals surface area contributed by atoms with Crippen molar-refractivity contribution in [2.75, 3.05) is 11.3 Å². The molecule has 0 saturated heterocycles. The first-order valence-corrected chi connectivity index (χ1v) is 8.72. The van der Waals surface area contributed by atoms with Gasteiger partial charge in [0.05, 0.1) is 17.2 Å². The Morgan fingerprint density at radius 2 is 1.95 bits per heavy atom. The van der Waals surface area contributed by atoms with Gasteiger partial charge < -0.3 is 4.74 Å². The zero-order chi connectivity index (χ0) is 15.5. The van der Waals surface area contributed by atoms with Gasteiger partial charge in [-0.1, -0.05) is 28.1 Å². The average Bonchev–Trinajstić information content (AvgIpc) is 2.42. The fraction of sp³-hybridized carbons (Fsp3) is 0.200. The molecule has 1 N–H and O–H groups in total. The van der Waals surface area contributed by atoms with Crippen LogP contribution in [0.3, 0.4) is 0 Å². The molecule has 0 radical (unpaired) electrons. The van der Waals surface area contributed by atoms with Crippen LogP contribution in [0.5, 0.6) is 5.75 Å². The number of aryl methyl sites for hydroxylation is 1. The van der Waals surface area contributed by atoms with Crippen LogP contribution >= 0.6 is 15.9 Å². The number of ether oxygens (including phenoxy) is 1. The first-order chi connectivity index (χ1) is 9.92. The van der Waals surface area contributed by atoms with Gasteiger partial charge in [-0.3, -0.25) is 4.72 Å². The Balaban J connectivity index is 2.37. The summed E-state index contributed by atoms with van der Waals surface area (Å²) in [6, 6.07) is 11.9. The quantitative estimate of drug-likeness (QED) is 0.867. The fourth-order valence-corrected chi connectivity index (χ4v) is 3.49. The van der Waals surface area contributed by atoms with E-state index in [1.807, 2.05) is 26.0 Å². The molecule has 21 heavy (non-hydrogen) atoms. The van der Waals surface area contributed by atoms with E-state index in [1.54, 1.807) is 30.3 Å². The van der Waals surface area contributed by atoms with Gasteiger partial charge in [0.15, 0.2) is 0 Å². The van der Waals surface area contributed by atoms with Crippen LogP contribution in [-0.4, -0.2) is 15.0 Å². The monoisotopic (exact) mass is 369 g/mol. The number of benzene rings is 2. The molecule has 0 unspecified atom stereocenters. The van der Waals surface area contributed by atoms with Gasteiger partial charge in [-0.25, -0.2) is 8.42 Å². The van der Waals surface area contributed by atoms with E-state index in [0.29, 0.717) is 22.5 Å². The average molecular weight is 370 g/mol. The van der Waals surface area contributed by atoms with E-state index in [-0.39, 0.29) is 4.90 Å². The number of nitrogens with one attached hydrogen (secondary N) is 1. The first-order valence-electron chi connectivity index (χ1n) is 6.44. The van der Waals surface area contributed by atoms with Crippen molar-refractivity contribution < 1.29 is 13.2 Å². The second-order valence-corrected chi connectivity index (χ2v) is 7.09. The highest BCUT2D eigenvalue weighted by atomic mass is 79.9. The lowest BCUT2D eigenvalue weighted by Crippen LogP contribution is -2.14. The molecule has 2 aromatic carbocycles. The molecular weight excluding hydrogens is 354 g/mol. The molecule has 0 fully saturated rings. The first kappa shape index (κ1) is 15.9. The van der Waals surface area contributed by atoms with Crippen LogP contribution in [0.15, 0.2) is 51.8 Å². The normalized spacial score (nSPS) is 11.2. The van der Waals surface area contributed by atoms with E-state index in [2.05, 4.69) is 20.7 Å². The maximum Gasteiger partial charge on any atom is 0.262 e. The summed E-state index contributed by atoms with van der Waals surface area (Å²) in [5.74, 6) is 0.524. The summed E-state index contributed by atoms with van der Waals surface area (Å²) in [5.41, 5.74) is 1.44. The molecular formula is C15H16BrNO3S. The zero-order valence-corrected chi connectivity index (χ0v) is 14.2. The Labute approximate surface area is 133 Å². The third-order valence-corrected chi connectivity index (χ3v) is 4.64. The number of halogens is 1. The molecule has 6 heteroatoms. The molecule has 0 amide bonds. The molecule has 2 rings (SSSR count). The van der Waals surface area contributed by atoms with Crippen LogP contribution in [0.2, 0.25) is 0 Å². The van der Waals surface area contributed by atoms with Crippen LogP contribution in [0.1, 0.15) is 12.5 Å². The van der Waals surface area contributed by atoms with Crippen molar-refractivity contribution >= 4 is 31.6 Å². The van der Waals surface area contributed by atoms with E-state index < -0.39 is 10.0 Å². The van der Waals surface area contributed by atoms with E-state index in [4.69, 9.17) is 4.74 Å². The summed E-state index contributed by atoms with van der Waals surface area (Å²) in [6.45, 7) is 4.25. The minimum Gasteiger partial charge on any atom is -0.492 e. The van der Waals surface area contributed by atoms with Gasteiger partial charge >= 0.3 is 0 Å². The smallest absolute Gasteiger partial charge is 0.262 e. The van der Waals surface area contributed by atoms with Crippen LogP contribution in [0.4, 0.5) is 5.69 Å². The highest BCUT2D eigenvalue weighted by molar-refractivity contribution is 9.10. The molecule has 0 heterocycles. The molecule has 4 nitrogen and oxygen atoms in total. The molecule has 0 spiro atoms. The van der Waals surface area contributed by atoms with Gasteiger partial charge in [0.25, 0.3) is 10.0 Å². The maximum absolute atomic E-state index is 12.4. The second-order valence-electron chi connectivity index (χ2n) is 4.50. The summed E-state index contributed by atoms with van der Waals surface area (Å²) in [7, 11) is -3.65. The Kier molecular flexibility index (Phi) is 4.90. The molecule has 0 bridgehead atoms. The zero-order valence-electron chi connectivity index (χ0n) is 11.8. The van der Waals surface area contributed by atoms with Gasteiger partial charge in [-0.05, 0) is 49.7 Å². The van der Waals surface area contributed by atoms with Gasteiger partial charge in [0.2, 0.25) is 0 Å². The minimum absolute atomic E-state index is 0.194. The van der Waals surface area contributed by atoms with Crippen LogP contribution in [0.25, 0.3) is 0 Å². The van der Waals surface area contributed by atoms with Crippen molar-refractivity contribution in [3.63, 3.8) is 0 Å². The topological polar surface area (TPSA) is 55.4 Å². The van der Waals surface area contributed by atoms with Crippen molar-refractivity contribution in [3.05, 3.63) is 52.5 Å². The van der Waals surface area contributed by atoms with E-state index >= 15 is 0 Å². The summed E-state index contributed by atoms with van der Waals surface area (Å²) in [4.78, 5) is 0.194. The molecule has 0 aliphatic heterocycles. The summed E-state index contributed by atoms with van der Waals surface area (Å²) in [5, 5.41) is 0. The van der Waals surface area contributed by atoms with Crippen molar-refractivity contribution in [1.82, 2.24) is 0 Å². The number of anilines is 1. The summed E-state index contributed by atoms with van der Waals surface area (Å²) < 4.78 is 33.6.